The fraction of sp³-hybridized carbons (Fsp3) is 0.800. The second-order valence-electron chi connectivity index (χ2n) is 4.83. The van der Waals surface area contributed by atoms with Gasteiger partial charge >= 0.3 is 18.2 Å². The van der Waals surface area contributed by atoms with Crippen LogP contribution in [0.25, 0.3) is 0 Å². The lowest BCUT2D eigenvalue weighted by molar-refractivity contribution is -0.837. The molecule has 1 atom stereocenters. The number of ether oxygens (including phenoxy) is 1. The number of likely N-dealkylation sites (N-methyl/N-ethyl adjacent to an activating group) is 1. The number of halogens is 3. The second kappa shape index (κ2) is 4.75. The Morgan fingerprint density at radius 3 is 2.22 bits per heavy atom. The highest BCUT2D eigenvalue weighted by molar-refractivity contribution is 5.76. The molecule has 0 radical (unpaired) electrons. The van der Waals surface area contributed by atoms with Gasteiger partial charge in [0.1, 0.15) is 0 Å². The van der Waals surface area contributed by atoms with Gasteiger partial charge in [-0.2, -0.15) is 18.0 Å². The van der Waals surface area contributed by atoms with E-state index in [4.69, 9.17) is 5.11 Å². The first-order valence-corrected chi connectivity index (χ1v) is 5.36. The molecule has 1 fully saturated rings. The number of quaternary nitrogens is 1. The monoisotopic (exact) mass is 270 g/mol. The lowest BCUT2D eigenvalue weighted by Gasteiger charge is -2.31. The summed E-state index contributed by atoms with van der Waals surface area (Å²) in [5.74, 6) is -1.39. The molecule has 0 aromatic carbocycles. The van der Waals surface area contributed by atoms with E-state index in [-0.39, 0.29) is 5.92 Å². The van der Waals surface area contributed by atoms with Crippen LogP contribution in [0, 0.1) is 5.92 Å². The van der Waals surface area contributed by atoms with Crippen LogP contribution in [0.3, 0.4) is 0 Å². The number of carbonyl (C=O) groups excluding carboxylic acids is 1. The first-order chi connectivity index (χ1) is 8.05. The molecule has 18 heavy (non-hydrogen) atoms. The number of hydrogen-bond acceptors (Lipinski definition) is 3. The van der Waals surface area contributed by atoms with E-state index in [1.165, 1.54) is 14.1 Å². The molecule has 104 valence electrons. The van der Waals surface area contributed by atoms with Gasteiger partial charge in [0.25, 0.3) is 0 Å². The summed E-state index contributed by atoms with van der Waals surface area (Å²) in [5.41, 5.74) is 0. The van der Waals surface area contributed by atoms with Crippen LogP contribution in [-0.4, -0.2) is 54.6 Å². The maximum absolute atomic E-state index is 11.9. The van der Waals surface area contributed by atoms with Crippen molar-refractivity contribution in [2.45, 2.75) is 25.1 Å². The van der Waals surface area contributed by atoms with Crippen LogP contribution >= 0.6 is 0 Å². The van der Waals surface area contributed by atoms with E-state index >= 15 is 0 Å². The third-order valence-corrected chi connectivity index (χ3v) is 2.85. The van der Waals surface area contributed by atoms with Crippen molar-refractivity contribution in [1.29, 1.82) is 0 Å². The maximum Gasteiger partial charge on any atom is 0.516 e. The number of carboxylic acid groups (broad SMARTS) is 1. The molecule has 0 heterocycles. The number of amides is 1. The van der Waals surface area contributed by atoms with Gasteiger partial charge < -0.3 is 9.84 Å². The number of nitrogens with zero attached hydrogens (tertiary/aromatic N) is 1. The van der Waals surface area contributed by atoms with Crippen LogP contribution in [0.15, 0.2) is 0 Å². The summed E-state index contributed by atoms with van der Waals surface area (Å²) >= 11 is 0. The topological polar surface area (TPSA) is 63.6 Å². The Morgan fingerprint density at radius 1 is 1.39 bits per heavy atom. The predicted molar refractivity (Wildman–Crippen MR) is 53.7 cm³/mol. The van der Waals surface area contributed by atoms with Gasteiger partial charge in [-0.25, -0.2) is 9.28 Å². The Hall–Kier alpha value is -1.31. The first-order valence-electron chi connectivity index (χ1n) is 5.36. The zero-order valence-electron chi connectivity index (χ0n) is 10.0. The van der Waals surface area contributed by atoms with Gasteiger partial charge in [0.05, 0.1) is 14.1 Å². The highest BCUT2D eigenvalue weighted by Crippen LogP contribution is 2.37. The van der Waals surface area contributed by atoms with Gasteiger partial charge in [0.15, 0.2) is 12.6 Å². The van der Waals surface area contributed by atoms with Gasteiger partial charge in [0, 0.05) is 5.92 Å². The molecule has 1 aliphatic rings. The van der Waals surface area contributed by atoms with E-state index in [0.717, 1.165) is 0 Å². The van der Waals surface area contributed by atoms with Crippen molar-refractivity contribution >= 4 is 12.1 Å². The van der Waals surface area contributed by atoms with Crippen LogP contribution in [-0.2, 0) is 9.53 Å². The Kier molecular flexibility index (Phi) is 3.89. The average Bonchev–Trinajstić information content (AvgIpc) is 2.95. The highest BCUT2D eigenvalue weighted by atomic mass is 19.4. The van der Waals surface area contributed by atoms with E-state index in [1.807, 2.05) is 0 Å². The maximum atomic E-state index is 11.9. The molecule has 5 nitrogen and oxygen atoms in total. The highest BCUT2D eigenvalue weighted by Gasteiger charge is 2.52. The quantitative estimate of drug-likeness (QED) is 0.788. The molecule has 0 aromatic rings. The van der Waals surface area contributed by atoms with Crippen LogP contribution in [0.2, 0.25) is 0 Å². The van der Waals surface area contributed by atoms with E-state index < -0.39 is 35.4 Å². The SMILES string of the molecule is C[N+](C)(C(=O)OCC(F)(F)F)C(C(=O)O)C1CC1. The Labute approximate surface area is 102 Å². The van der Waals surface area contributed by atoms with E-state index in [2.05, 4.69) is 4.74 Å². The van der Waals surface area contributed by atoms with Gasteiger partial charge in [-0.15, -0.1) is 0 Å². The van der Waals surface area contributed by atoms with E-state index in [9.17, 15) is 22.8 Å². The van der Waals surface area contributed by atoms with E-state index in [0.29, 0.717) is 12.8 Å². The third-order valence-electron chi connectivity index (χ3n) is 2.85. The van der Waals surface area contributed by atoms with Crippen molar-refractivity contribution in [3.63, 3.8) is 0 Å². The fourth-order valence-electron chi connectivity index (χ4n) is 1.84. The summed E-state index contributed by atoms with van der Waals surface area (Å²) < 4.78 is 39.2. The van der Waals surface area contributed by atoms with E-state index in [1.54, 1.807) is 0 Å². The van der Waals surface area contributed by atoms with Crippen LogP contribution in [0.1, 0.15) is 12.8 Å². The Bertz CT molecular complexity index is 350. The molecule has 0 bridgehead atoms. The molecular formula is C10H15F3NO4+. The van der Waals surface area contributed by atoms with Crippen molar-refractivity contribution in [1.82, 2.24) is 0 Å². The molecule has 1 N–H and O–H groups in total. The van der Waals surface area contributed by atoms with Gasteiger partial charge in [0.2, 0.25) is 0 Å². The molecule has 8 heteroatoms. The lowest BCUT2D eigenvalue weighted by atomic mass is 10.1. The fourth-order valence-corrected chi connectivity index (χ4v) is 1.84. The molecule has 0 spiro atoms. The van der Waals surface area contributed by atoms with Crippen molar-refractivity contribution in [3.05, 3.63) is 0 Å². The van der Waals surface area contributed by atoms with Gasteiger partial charge in [-0.05, 0) is 12.8 Å². The zero-order valence-corrected chi connectivity index (χ0v) is 10.0. The third kappa shape index (κ3) is 3.59. The Balaban J connectivity index is 2.71. The first kappa shape index (κ1) is 14.7. The second-order valence-corrected chi connectivity index (χ2v) is 4.83. The van der Waals surface area contributed by atoms with Gasteiger partial charge in [-0.3, -0.25) is 0 Å². The summed E-state index contributed by atoms with van der Waals surface area (Å²) in [6.07, 6.45) is -4.49. The standard InChI is InChI=1S/C10H14F3NO4/c1-14(2,7(8(15)16)6-3-4-6)9(17)18-5-10(11,12)13/h6-7H,3-5H2,1-2H3/p+1. The normalized spacial score (nSPS) is 18.3. The van der Waals surface area contributed by atoms with Crippen LogP contribution in [0.5, 0.6) is 0 Å². The predicted octanol–water partition coefficient (Wildman–Crippen LogP) is 1.62. The molecule has 1 unspecified atom stereocenters. The number of aliphatic carboxylic acids is 1. The summed E-state index contributed by atoms with van der Waals surface area (Å²) in [7, 11) is 2.49. The minimum Gasteiger partial charge on any atom is -0.477 e. The molecule has 1 aliphatic carbocycles. The zero-order chi connectivity index (χ0) is 14.1. The molecule has 0 aromatic heterocycles. The van der Waals surface area contributed by atoms with Crippen molar-refractivity contribution in [2.75, 3.05) is 20.7 Å². The number of hydrogen-bond donors (Lipinski definition) is 1. The molecule has 0 aliphatic heterocycles. The summed E-state index contributed by atoms with van der Waals surface area (Å²) in [5, 5.41) is 9.05. The van der Waals surface area contributed by atoms with Gasteiger partial charge in [-0.1, -0.05) is 0 Å². The molecule has 1 rings (SSSR count). The molecule has 0 saturated heterocycles. The number of rotatable bonds is 4. The minimum atomic E-state index is -4.62. The Morgan fingerprint density at radius 2 is 1.89 bits per heavy atom. The van der Waals surface area contributed by atoms with Crippen molar-refractivity contribution < 1.29 is 37.1 Å². The van der Waals surface area contributed by atoms with Crippen LogP contribution in [0.4, 0.5) is 18.0 Å². The van der Waals surface area contributed by atoms with Crippen LogP contribution < -0.4 is 0 Å². The largest absolute Gasteiger partial charge is 0.516 e. The van der Waals surface area contributed by atoms with Crippen molar-refractivity contribution in [3.8, 4) is 0 Å². The number of alkyl halides is 3. The summed E-state index contributed by atoms with van der Waals surface area (Å²) in [6, 6.07) is -1.06. The minimum absolute atomic E-state index is 0.184. The smallest absolute Gasteiger partial charge is 0.477 e. The molecular weight excluding hydrogens is 255 g/mol. The number of carbonyl (C=O) groups is 2. The average molecular weight is 270 g/mol. The molecule has 1 amide bonds. The molecule has 1 saturated carbocycles. The number of carboxylic acids is 1. The lowest BCUT2D eigenvalue weighted by Crippen LogP contribution is -2.58. The summed E-state index contributed by atoms with van der Waals surface area (Å²) in [4.78, 5) is 22.7. The summed E-state index contributed by atoms with van der Waals surface area (Å²) in [6.45, 7) is -1.70. The van der Waals surface area contributed by atoms with Crippen molar-refractivity contribution in [2.24, 2.45) is 5.92 Å².